The van der Waals surface area contributed by atoms with Gasteiger partial charge in [-0.2, -0.15) is 0 Å². The molecule has 0 aromatic rings. The average Bonchev–Trinajstić information content (AvgIpc) is 2.74. The molecule has 0 atom stereocenters. The van der Waals surface area contributed by atoms with Crippen LogP contribution in [0, 0.1) is 0 Å². The second-order valence-corrected chi connectivity index (χ2v) is 8.73. The Morgan fingerprint density at radius 3 is 1.66 bits per heavy atom. The Hall–Kier alpha value is -0.610. The molecule has 0 spiro atoms. The first-order valence-electron chi connectivity index (χ1n) is 12.8. The standard InChI is InChI=1S/C25H49NO3/c1-2-3-4-5-6-7-8-9-10-11-12-13-14-15-16-17-18-25(27)29-24-21-26-19-22-28-23-20-26/h2-24H2,1H3. The van der Waals surface area contributed by atoms with Crippen molar-refractivity contribution >= 4 is 5.97 Å². The quantitative estimate of drug-likeness (QED) is 0.169. The van der Waals surface area contributed by atoms with E-state index in [0.29, 0.717) is 13.0 Å². The number of carbonyl (C=O) groups is 1. The zero-order valence-electron chi connectivity index (χ0n) is 19.4. The smallest absolute Gasteiger partial charge is 0.305 e. The number of hydrogen-bond acceptors (Lipinski definition) is 4. The summed E-state index contributed by atoms with van der Waals surface area (Å²) in [5, 5.41) is 0. The highest BCUT2D eigenvalue weighted by molar-refractivity contribution is 5.69. The first-order valence-corrected chi connectivity index (χ1v) is 12.8. The van der Waals surface area contributed by atoms with Crippen molar-refractivity contribution in [3.05, 3.63) is 0 Å². The Balaban J connectivity index is 1.71. The molecule has 0 N–H and O–H groups in total. The van der Waals surface area contributed by atoms with Crippen LogP contribution in [-0.2, 0) is 14.3 Å². The second-order valence-electron chi connectivity index (χ2n) is 8.73. The lowest BCUT2D eigenvalue weighted by atomic mass is 10.0. The van der Waals surface area contributed by atoms with Crippen LogP contribution in [0.3, 0.4) is 0 Å². The monoisotopic (exact) mass is 411 g/mol. The lowest BCUT2D eigenvalue weighted by Crippen LogP contribution is -2.38. The summed E-state index contributed by atoms with van der Waals surface area (Å²) in [4.78, 5) is 14.1. The fourth-order valence-corrected chi connectivity index (χ4v) is 4.00. The lowest BCUT2D eigenvalue weighted by Gasteiger charge is -2.26. The predicted molar refractivity (Wildman–Crippen MR) is 122 cm³/mol. The first-order chi connectivity index (χ1) is 14.3. The maximum Gasteiger partial charge on any atom is 0.305 e. The average molecular weight is 412 g/mol. The van der Waals surface area contributed by atoms with Gasteiger partial charge in [0.15, 0.2) is 0 Å². The van der Waals surface area contributed by atoms with Crippen LogP contribution < -0.4 is 0 Å². The molecule has 1 heterocycles. The fourth-order valence-electron chi connectivity index (χ4n) is 4.00. The minimum atomic E-state index is -0.0244. The van der Waals surface area contributed by atoms with Crippen LogP contribution in [0.5, 0.6) is 0 Å². The summed E-state index contributed by atoms with van der Waals surface area (Å²) in [5.41, 5.74) is 0. The van der Waals surface area contributed by atoms with Crippen molar-refractivity contribution in [1.29, 1.82) is 0 Å². The number of unbranched alkanes of at least 4 members (excludes halogenated alkanes) is 15. The van der Waals surface area contributed by atoms with Gasteiger partial charge in [0, 0.05) is 26.1 Å². The fraction of sp³-hybridized carbons (Fsp3) is 0.960. The van der Waals surface area contributed by atoms with Crippen molar-refractivity contribution < 1.29 is 14.3 Å². The topological polar surface area (TPSA) is 38.8 Å². The van der Waals surface area contributed by atoms with Crippen LogP contribution in [0.1, 0.15) is 116 Å². The van der Waals surface area contributed by atoms with Crippen LogP contribution in [0.25, 0.3) is 0 Å². The van der Waals surface area contributed by atoms with Crippen LogP contribution in [0.15, 0.2) is 0 Å². The predicted octanol–water partition coefficient (Wildman–Crippen LogP) is 6.51. The highest BCUT2D eigenvalue weighted by atomic mass is 16.5. The van der Waals surface area contributed by atoms with Gasteiger partial charge in [-0.25, -0.2) is 0 Å². The summed E-state index contributed by atoms with van der Waals surface area (Å²) >= 11 is 0. The number of esters is 1. The van der Waals surface area contributed by atoms with Gasteiger partial charge >= 0.3 is 5.97 Å². The third-order valence-corrected chi connectivity index (χ3v) is 6.01. The third-order valence-electron chi connectivity index (χ3n) is 6.01. The molecule has 4 nitrogen and oxygen atoms in total. The van der Waals surface area contributed by atoms with Gasteiger partial charge in [-0.05, 0) is 6.42 Å². The van der Waals surface area contributed by atoms with E-state index in [1.54, 1.807) is 0 Å². The molecule has 0 bridgehead atoms. The van der Waals surface area contributed by atoms with Gasteiger partial charge in [-0.15, -0.1) is 0 Å². The highest BCUT2D eigenvalue weighted by Crippen LogP contribution is 2.14. The molecule has 0 radical (unpaired) electrons. The van der Waals surface area contributed by atoms with Gasteiger partial charge in [0.1, 0.15) is 6.61 Å². The van der Waals surface area contributed by atoms with E-state index in [-0.39, 0.29) is 5.97 Å². The lowest BCUT2D eigenvalue weighted by molar-refractivity contribution is -0.144. The summed E-state index contributed by atoms with van der Waals surface area (Å²) in [5.74, 6) is -0.0244. The maximum atomic E-state index is 11.8. The summed E-state index contributed by atoms with van der Waals surface area (Å²) in [6, 6.07) is 0. The van der Waals surface area contributed by atoms with E-state index in [1.807, 2.05) is 0 Å². The van der Waals surface area contributed by atoms with E-state index in [1.165, 1.54) is 89.9 Å². The number of rotatable bonds is 20. The number of nitrogens with zero attached hydrogens (tertiary/aromatic N) is 1. The zero-order valence-corrected chi connectivity index (χ0v) is 19.4. The molecule has 29 heavy (non-hydrogen) atoms. The molecular weight excluding hydrogens is 362 g/mol. The van der Waals surface area contributed by atoms with E-state index < -0.39 is 0 Å². The van der Waals surface area contributed by atoms with Crippen molar-refractivity contribution in [3.8, 4) is 0 Å². The highest BCUT2D eigenvalue weighted by Gasteiger charge is 2.10. The normalized spacial score (nSPS) is 14.9. The Labute approximate surface area is 181 Å². The Bertz CT molecular complexity index is 356. The molecule has 0 unspecified atom stereocenters. The molecule has 172 valence electrons. The van der Waals surface area contributed by atoms with Crippen LogP contribution in [0.2, 0.25) is 0 Å². The molecule has 0 aromatic heterocycles. The van der Waals surface area contributed by atoms with Crippen molar-refractivity contribution in [1.82, 2.24) is 4.90 Å². The van der Waals surface area contributed by atoms with Crippen LogP contribution in [-0.4, -0.2) is 50.3 Å². The molecule has 1 aliphatic heterocycles. The van der Waals surface area contributed by atoms with Gasteiger partial charge in [-0.1, -0.05) is 103 Å². The number of morpholine rings is 1. The molecule has 1 rings (SSSR count). The third kappa shape index (κ3) is 17.9. The molecule has 1 saturated heterocycles. The Kier molecular flexibility index (Phi) is 18.8. The van der Waals surface area contributed by atoms with E-state index in [9.17, 15) is 4.79 Å². The zero-order chi connectivity index (χ0) is 20.8. The number of carbonyl (C=O) groups excluding carboxylic acids is 1. The first kappa shape index (κ1) is 26.4. The van der Waals surface area contributed by atoms with Crippen molar-refractivity contribution in [3.63, 3.8) is 0 Å². The van der Waals surface area contributed by atoms with E-state index in [2.05, 4.69) is 11.8 Å². The van der Waals surface area contributed by atoms with Gasteiger partial charge < -0.3 is 9.47 Å². The largest absolute Gasteiger partial charge is 0.464 e. The van der Waals surface area contributed by atoms with Crippen molar-refractivity contribution in [2.24, 2.45) is 0 Å². The maximum absolute atomic E-state index is 11.8. The Morgan fingerprint density at radius 1 is 0.724 bits per heavy atom. The molecule has 0 saturated carbocycles. The summed E-state index contributed by atoms with van der Waals surface area (Å²) in [6.45, 7) is 7.16. The minimum absolute atomic E-state index is 0.0244. The summed E-state index contributed by atoms with van der Waals surface area (Å²) < 4.78 is 10.7. The van der Waals surface area contributed by atoms with E-state index in [4.69, 9.17) is 9.47 Å². The summed E-state index contributed by atoms with van der Waals surface area (Å²) in [7, 11) is 0. The molecular formula is C25H49NO3. The number of hydrogen-bond donors (Lipinski definition) is 0. The van der Waals surface area contributed by atoms with Crippen LogP contribution >= 0.6 is 0 Å². The van der Waals surface area contributed by atoms with Gasteiger partial charge in [0.05, 0.1) is 13.2 Å². The molecule has 0 amide bonds. The SMILES string of the molecule is CCCCCCCCCCCCCCCCCCC(=O)OCCN1CCOCC1. The van der Waals surface area contributed by atoms with E-state index in [0.717, 1.165) is 45.7 Å². The molecule has 1 aliphatic rings. The molecule has 0 aromatic carbocycles. The summed E-state index contributed by atoms with van der Waals surface area (Å²) in [6.07, 6.45) is 22.3. The molecule has 0 aliphatic carbocycles. The van der Waals surface area contributed by atoms with Crippen molar-refractivity contribution in [2.45, 2.75) is 116 Å². The molecule has 4 heteroatoms. The molecule has 1 fully saturated rings. The van der Waals surface area contributed by atoms with E-state index >= 15 is 0 Å². The van der Waals surface area contributed by atoms with Gasteiger partial charge in [-0.3, -0.25) is 9.69 Å². The number of ether oxygens (including phenoxy) is 2. The Morgan fingerprint density at radius 2 is 1.17 bits per heavy atom. The van der Waals surface area contributed by atoms with Gasteiger partial charge in [0.25, 0.3) is 0 Å². The van der Waals surface area contributed by atoms with Crippen molar-refractivity contribution in [2.75, 3.05) is 39.5 Å². The second kappa shape index (κ2) is 20.7. The van der Waals surface area contributed by atoms with Crippen LogP contribution in [0.4, 0.5) is 0 Å². The minimum Gasteiger partial charge on any atom is -0.464 e. The van der Waals surface area contributed by atoms with Gasteiger partial charge in [0.2, 0.25) is 0 Å².